The van der Waals surface area contributed by atoms with Gasteiger partial charge in [0.25, 0.3) is 0 Å². The van der Waals surface area contributed by atoms with Gasteiger partial charge in [-0.2, -0.15) is 0 Å². The molecule has 0 saturated heterocycles. The highest BCUT2D eigenvalue weighted by molar-refractivity contribution is 9.10. The fourth-order valence-corrected chi connectivity index (χ4v) is 4.71. The maximum Gasteiger partial charge on any atom is 0.235 e. The van der Waals surface area contributed by atoms with Crippen LogP contribution < -0.4 is 10.0 Å². The number of benzene rings is 2. The number of amides is 1. The van der Waals surface area contributed by atoms with Crippen molar-refractivity contribution in [1.82, 2.24) is 4.72 Å². The van der Waals surface area contributed by atoms with E-state index in [1.165, 1.54) is 6.08 Å². The fraction of sp³-hybridized carbons (Fsp3) is 0.286. The highest BCUT2D eigenvalue weighted by atomic mass is 79.9. The quantitative estimate of drug-likeness (QED) is 0.579. The summed E-state index contributed by atoms with van der Waals surface area (Å²) in [5.74, 6) is -0.133. The van der Waals surface area contributed by atoms with Crippen molar-refractivity contribution in [2.45, 2.75) is 30.4 Å². The standard InChI is InChI=1S/C21H23BrN2O3S/c1-2-14-23-28(26,27)15-16-4-10-19(11-5-16)24-20(25)21(12-3-13-21)17-6-8-18(22)9-7-17/h2,4-11,23H,1,3,12-15H2,(H,24,25). The number of hydrogen-bond acceptors (Lipinski definition) is 3. The maximum atomic E-state index is 13.0. The summed E-state index contributed by atoms with van der Waals surface area (Å²) in [7, 11) is -3.40. The van der Waals surface area contributed by atoms with Crippen LogP contribution in [0.5, 0.6) is 0 Å². The topological polar surface area (TPSA) is 75.3 Å². The molecule has 0 aliphatic heterocycles. The molecule has 2 aromatic carbocycles. The van der Waals surface area contributed by atoms with Gasteiger partial charge in [-0.15, -0.1) is 6.58 Å². The zero-order valence-corrected chi connectivity index (χ0v) is 17.9. The molecule has 7 heteroatoms. The zero-order chi connectivity index (χ0) is 20.2. The summed E-state index contributed by atoms with van der Waals surface area (Å²) in [4.78, 5) is 13.0. The van der Waals surface area contributed by atoms with Gasteiger partial charge in [-0.25, -0.2) is 13.1 Å². The minimum atomic E-state index is -3.40. The molecule has 148 valence electrons. The summed E-state index contributed by atoms with van der Waals surface area (Å²) in [5, 5.41) is 2.99. The number of carbonyl (C=O) groups excluding carboxylic acids is 1. The zero-order valence-electron chi connectivity index (χ0n) is 15.4. The molecule has 0 atom stereocenters. The molecule has 3 rings (SSSR count). The maximum absolute atomic E-state index is 13.0. The molecule has 0 spiro atoms. The lowest BCUT2D eigenvalue weighted by Crippen LogP contribution is -2.46. The molecule has 0 heterocycles. The van der Waals surface area contributed by atoms with E-state index in [-0.39, 0.29) is 18.2 Å². The van der Waals surface area contributed by atoms with Crippen molar-refractivity contribution in [2.75, 3.05) is 11.9 Å². The van der Waals surface area contributed by atoms with Crippen LogP contribution in [0.2, 0.25) is 0 Å². The molecule has 5 nitrogen and oxygen atoms in total. The summed E-state index contributed by atoms with van der Waals surface area (Å²) in [5.41, 5.74) is 1.85. The van der Waals surface area contributed by atoms with Crippen molar-refractivity contribution >= 4 is 37.5 Å². The summed E-state index contributed by atoms with van der Waals surface area (Å²) in [6.45, 7) is 3.70. The van der Waals surface area contributed by atoms with Crippen LogP contribution in [0.3, 0.4) is 0 Å². The van der Waals surface area contributed by atoms with Gasteiger partial charge in [-0.05, 0) is 48.2 Å². The summed E-state index contributed by atoms with van der Waals surface area (Å²) >= 11 is 3.43. The smallest absolute Gasteiger partial charge is 0.235 e. The predicted molar refractivity (Wildman–Crippen MR) is 116 cm³/mol. The fourth-order valence-electron chi connectivity index (χ4n) is 3.34. The van der Waals surface area contributed by atoms with E-state index in [1.54, 1.807) is 24.3 Å². The van der Waals surface area contributed by atoms with Crippen molar-refractivity contribution in [2.24, 2.45) is 0 Å². The number of anilines is 1. The van der Waals surface area contributed by atoms with Gasteiger partial charge in [0.2, 0.25) is 15.9 Å². The van der Waals surface area contributed by atoms with Crippen molar-refractivity contribution in [1.29, 1.82) is 0 Å². The Hall–Kier alpha value is -1.96. The van der Waals surface area contributed by atoms with E-state index >= 15 is 0 Å². The van der Waals surface area contributed by atoms with Crippen LogP contribution in [-0.2, 0) is 26.0 Å². The first-order chi connectivity index (χ1) is 13.3. The van der Waals surface area contributed by atoms with Gasteiger partial charge in [0, 0.05) is 16.7 Å². The molecule has 0 radical (unpaired) electrons. The van der Waals surface area contributed by atoms with Crippen molar-refractivity contribution in [3.8, 4) is 0 Å². The van der Waals surface area contributed by atoms with Crippen LogP contribution in [0, 0.1) is 0 Å². The Morgan fingerprint density at radius 2 is 1.75 bits per heavy atom. The SMILES string of the molecule is C=CCNS(=O)(=O)Cc1ccc(NC(=O)C2(c3ccc(Br)cc3)CCC2)cc1. The largest absolute Gasteiger partial charge is 0.325 e. The van der Waals surface area contributed by atoms with E-state index < -0.39 is 15.4 Å². The van der Waals surface area contributed by atoms with Gasteiger partial charge in [-0.3, -0.25) is 4.79 Å². The van der Waals surface area contributed by atoms with Crippen LogP contribution >= 0.6 is 15.9 Å². The third-order valence-corrected chi connectivity index (χ3v) is 6.90. The number of rotatable bonds is 8. The summed E-state index contributed by atoms with van der Waals surface area (Å²) in [6, 6.07) is 14.8. The molecule has 2 aromatic rings. The normalized spacial score (nSPS) is 15.5. The average Bonchev–Trinajstić information content (AvgIpc) is 2.62. The Kier molecular flexibility index (Phi) is 6.37. The second-order valence-electron chi connectivity index (χ2n) is 6.99. The molecular formula is C21H23BrN2O3S. The van der Waals surface area contributed by atoms with Gasteiger partial charge >= 0.3 is 0 Å². The van der Waals surface area contributed by atoms with Crippen LogP contribution in [0.25, 0.3) is 0 Å². The molecule has 1 fully saturated rings. The van der Waals surface area contributed by atoms with E-state index in [0.29, 0.717) is 11.3 Å². The molecule has 1 aliphatic carbocycles. The number of nitrogens with one attached hydrogen (secondary N) is 2. The van der Waals surface area contributed by atoms with Gasteiger partial charge < -0.3 is 5.32 Å². The van der Waals surface area contributed by atoms with E-state index in [4.69, 9.17) is 0 Å². The first-order valence-electron chi connectivity index (χ1n) is 9.09. The van der Waals surface area contributed by atoms with E-state index in [1.807, 2.05) is 24.3 Å². The molecule has 28 heavy (non-hydrogen) atoms. The molecule has 0 unspecified atom stereocenters. The van der Waals surface area contributed by atoms with Crippen molar-refractivity contribution < 1.29 is 13.2 Å². The summed E-state index contributed by atoms with van der Waals surface area (Å²) < 4.78 is 27.3. The highest BCUT2D eigenvalue weighted by Crippen LogP contribution is 2.44. The number of carbonyl (C=O) groups is 1. The lowest BCUT2D eigenvalue weighted by Gasteiger charge is -2.40. The van der Waals surface area contributed by atoms with Gasteiger partial charge in [0.1, 0.15) is 0 Å². The molecule has 0 aromatic heterocycles. The number of sulfonamides is 1. The first-order valence-corrected chi connectivity index (χ1v) is 11.5. The lowest BCUT2D eigenvalue weighted by molar-refractivity contribution is -0.124. The third-order valence-electron chi connectivity index (χ3n) is 5.05. The van der Waals surface area contributed by atoms with Crippen LogP contribution in [0.15, 0.2) is 65.7 Å². The lowest BCUT2D eigenvalue weighted by atomic mass is 9.64. The van der Waals surface area contributed by atoms with E-state index in [0.717, 1.165) is 29.3 Å². The van der Waals surface area contributed by atoms with Gasteiger partial charge in [-0.1, -0.05) is 52.7 Å². The minimum Gasteiger partial charge on any atom is -0.325 e. The van der Waals surface area contributed by atoms with Gasteiger partial charge in [0.05, 0.1) is 11.2 Å². The molecule has 0 bridgehead atoms. The molecule has 2 N–H and O–H groups in total. The van der Waals surface area contributed by atoms with Gasteiger partial charge in [0.15, 0.2) is 0 Å². The third kappa shape index (κ3) is 4.71. The minimum absolute atomic E-state index is 0.0194. The molecular weight excluding hydrogens is 440 g/mol. The Bertz CT molecular complexity index is 950. The monoisotopic (exact) mass is 462 g/mol. The van der Waals surface area contributed by atoms with Crippen molar-refractivity contribution in [3.05, 3.63) is 76.8 Å². The van der Waals surface area contributed by atoms with Crippen molar-refractivity contribution in [3.63, 3.8) is 0 Å². The Balaban J connectivity index is 1.69. The second-order valence-corrected chi connectivity index (χ2v) is 9.71. The number of hydrogen-bond donors (Lipinski definition) is 2. The Morgan fingerprint density at radius 3 is 2.29 bits per heavy atom. The number of halogens is 1. The Morgan fingerprint density at radius 1 is 1.11 bits per heavy atom. The average molecular weight is 463 g/mol. The highest BCUT2D eigenvalue weighted by Gasteiger charge is 2.45. The van der Waals surface area contributed by atoms with E-state index in [2.05, 4.69) is 32.5 Å². The second kappa shape index (κ2) is 8.59. The molecule has 1 amide bonds. The Labute approximate surface area is 174 Å². The van der Waals surface area contributed by atoms with Crippen LogP contribution in [0.4, 0.5) is 5.69 Å². The molecule has 1 saturated carbocycles. The summed E-state index contributed by atoms with van der Waals surface area (Å²) in [6.07, 6.45) is 4.17. The van der Waals surface area contributed by atoms with Crippen LogP contribution in [-0.4, -0.2) is 20.9 Å². The van der Waals surface area contributed by atoms with Crippen LogP contribution in [0.1, 0.15) is 30.4 Å². The van der Waals surface area contributed by atoms with E-state index in [9.17, 15) is 13.2 Å². The molecule has 1 aliphatic rings. The first kappa shape index (κ1) is 20.8. The predicted octanol–water partition coefficient (Wildman–Crippen LogP) is 4.11.